The van der Waals surface area contributed by atoms with Gasteiger partial charge in [0.05, 0.1) is 49.5 Å². The number of aliphatic carboxylic acids is 4. The van der Waals surface area contributed by atoms with Crippen LogP contribution in [0.25, 0.3) is 33.5 Å². The highest BCUT2D eigenvalue weighted by atomic mass is 32.1. The Bertz CT molecular complexity index is 3300. The van der Waals surface area contributed by atoms with Gasteiger partial charge in [-0.3, -0.25) is 19.2 Å². The monoisotopic (exact) mass is 1060 g/mol. The number of nitrogens with two attached hydrogens (primary N) is 4. The van der Waals surface area contributed by atoms with Gasteiger partial charge in [0, 0.05) is 49.4 Å². The number of hydrogen-bond acceptors (Lipinski definition) is 23. The molecule has 0 fully saturated rings. The summed E-state index contributed by atoms with van der Waals surface area (Å²) in [7, 11) is 3.63. The minimum Gasteiger partial charge on any atom is -0.481 e. The number of amides is 2. The van der Waals surface area contributed by atoms with Gasteiger partial charge < -0.3 is 73.8 Å². The molecule has 31 heteroatoms. The number of carboxylic acid groups (broad SMARTS) is 4. The Hall–Kier alpha value is -10.3. The van der Waals surface area contributed by atoms with Gasteiger partial charge in [-0.1, -0.05) is 12.2 Å². The summed E-state index contributed by atoms with van der Waals surface area (Å²) in [6.07, 6.45) is 5.03. The van der Waals surface area contributed by atoms with Crippen LogP contribution in [0.1, 0.15) is 57.8 Å². The molecular formula is C45H48N20O10S. The zero-order chi connectivity index (χ0) is 55.2. The number of nitrogen functional groups attached to an aromatic ring is 4. The fraction of sp³-hybridized carbons (Fsp3) is 0.222. The Morgan fingerprint density at radius 1 is 0.566 bits per heavy atom. The molecule has 8 aromatic rings. The van der Waals surface area contributed by atoms with Gasteiger partial charge in [-0.2, -0.15) is 19.9 Å². The zero-order valence-corrected chi connectivity index (χ0v) is 41.0. The molecule has 0 saturated carbocycles. The third-order valence-corrected chi connectivity index (χ3v) is 11.0. The Morgan fingerprint density at radius 2 is 0.961 bits per heavy atom. The third-order valence-electron chi connectivity index (χ3n) is 10.7. The number of fused-ring (bicyclic) bond motifs is 3. The van der Waals surface area contributed by atoms with Crippen LogP contribution in [-0.2, 0) is 32.3 Å². The van der Waals surface area contributed by atoms with E-state index in [0.29, 0.717) is 57.1 Å². The number of rotatable bonds is 18. The van der Waals surface area contributed by atoms with E-state index in [-0.39, 0.29) is 60.3 Å². The van der Waals surface area contributed by atoms with E-state index in [4.69, 9.17) is 45.4 Å². The van der Waals surface area contributed by atoms with Crippen molar-refractivity contribution in [2.45, 2.75) is 50.9 Å². The van der Waals surface area contributed by atoms with Gasteiger partial charge in [-0.25, -0.2) is 39.5 Å². The number of imidazole rings is 1. The van der Waals surface area contributed by atoms with E-state index in [0.717, 1.165) is 16.9 Å². The maximum absolute atomic E-state index is 12.4. The number of nitrogens with zero attached hydrogens (tertiary/aromatic N) is 12. The number of carboxylic acids is 4. The fourth-order valence-corrected chi connectivity index (χ4v) is 7.03. The average molecular weight is 1060 g/mol. The van der Waals surface area contributed by atoms with E-state index in [1.54, 1.807) is 43.0 Å². The van der Waals surface area contributed by atoms with Crippen molar-refractivity contribution in [3.05, 3.63) is 101 Å². The van der Waals surface area contributed by atoms with Gasteiger partial charge in [0.2, 0.25) is 11.9 Å². The molecule has 0 aliphatic heterocycles. The summed E-state index contributed by atoms with van der Waals surface area (Å²) in [5.41, 5.74) is 28.8. The topological polar surface area (TPSA) is 478 Å². The second-order valence-electron chi connectivity index (χ2n) is 16.2. The number of carbonyl (C=O) groups excluding carboxylic acids is 2. The summed E-state index contributed by atoms with van der Waals surface area (Å²) in [5.74, 6) is -5.82. The van der Waals surface area contributed by atoms with Gasteiger partial charge in [0.15, 0.2) is 39.6 Å². The quantitative estimate of drug-likeness (QED) is 0.0542. The molecule has 2 atom stereocenters. The second kappa shape index (κ2) is 24.9. The molecule has 0 saturated heterocycles. The smallest absolute Gasteiger partial charge is 0.326 e. The van der Waals surface area contributed by atoms with E-state index in [2.05, 4.69) is 70.4 Å². The van der Waals surface area contributed by atoms with Gasteiger partial charge >= 0.3 is 23.9 Å². The highest BCUT2D eigenvalue weighted by Gasteiger charge is 2.23. The summed E-state index contributed by atoms with van der Waals surface area (Å²) >= 11 is 4.94. The van der Waals surface area contributed by atoms with Crippen molar-refractivity contribution < 1.29 is 49.2 Å². The van der Waals surface area contributed by atoms with E-state index in [9.17, 15) is 39.0 Å². The lowest BCUT2D eigenvalue weighted by Crippen LogP contribution is -2.41. The average Bonchev–Trinajstić information content (AvgIpc) is 3.87. The van der Waals surface area contributed by atoms with Crippen molar-refractivity contribution in [1.82, 2.24) is 70.4 Å². The molecule has 6 aromatic heterocycles. The zero-order valence-electron chi connectivity index (χ0n) is 40.1. The Morgan fingerprint density at radius 3 is 1.33 bits per heavy atom. The predicted octanol–water partition coefficient (Wildman–Crippen LogP) is 1.55. The molecule has 2 amide bonds. The van der Waals surface area contributed by atoms with Crippen LogP contribution < -0.4 is 43.4 Å². The lowest BCUT2D eigenvalue weighted by atomic mass is 10.1. The maximum atomic E-state index is 12.4. The number of H-pyrrole nitrogens is 2. The fourth-order valence-electron chi connectivity index (χ4n) is 6.83. The van der Waals surface area contributed by atoms with E-state index < -0.39 is 47.8 Å². The minimum absolute atomic E-state index is 0.0138. The van der Waals surface area contributed by atoms with Crippen molar-refractivity contribution in [2.24, 2.45) is 0 Å². The lowest BCUT2D eigenvalue weighted by Gasteiger charge is -2.19. The highest BCUT2D eigenvalue weighted by Crippen LogP contribution is 2.21. The third kappa shape index (κ3) is 14.9. The van der Waals surface area contributed by atoms with Crippen LogP contribution in [0.15, 0.2) is 73.6 Å². The number of nitrogens with one attached hydrogen (secondary N) is 4. The normalized spacial score (nSPS) is 11.5. The van der Waals surface area contributed by atoms with Crippen molar-refractivity contribution in [3.8, 4) is 0 Å². The summed E-state index contributed by atoms with van der Waals surface area (Å²) in [4.78, 5) is 119. The molecule has 0 unspecified atom stereocenters. The van der Waals surface area contributed by atoms with E-state index in [1.165, 1.54) is 30.6 Å². The molecule has 0 aliphatic carbocycles. The molecule has 0 spiro atoms. The first kappa shape index (κ1) is 55.0. The summed E-state index contributed by atoms with van der Waals surface area (Å²) in [6.45, 7) is 0.739. The van der Waals surface area contributed by atoms with Gasteiger partial charge in [-0.05, 0) is 61.4 Å². The molecular weight excluding hydrogens is 1010 g/mol. The largest absolute Gasteiger partial charge is 0.481 e. The standard InChI is InChI=1S/2C20H22N8O5.C5H4N4S/c2*1-28(9-11-8-23-17-15(24-11)16(21)26-20(22)27-17)12-4-2-10(3-5-12)18(31)25-13(19(32)33)6-7-14(29)30;10-5-3-4(7-1-6-3)8-2-9-5/h2*2-5,8,13H,6-7,9H2,1H3,(H,25,31)(H,29,30)(H,32,33)(H4,21,22,23,26,27);1-2H,(H2,6,7,8,9,10)/t2*13-;/m00./s1. The first-order chi connectivity index (χ1) is 36.1. The summed E-state index contributed by atoms with van der Waals surface area (Å²) in [5, 5.41) is 40.5. The molecule has 6 heterocycles. The molecule has 0 radical (unpaired) electrons. The van der Waals surface area contributed by atoms with Crippen LogP contribution in [0.4, 0.5) is 34.9 Å². The first-order valence-corrected chi connectivity index (χ1v) is 22.7. The molecule has 8 rings (SSSR count). The number of aromatic amines is 2. The Labute approximate surface area is 433 Å². The molecule has 394 valence electrons. The van der Waals surface area contributed by atoms with E-state index in [1.807, 2.05) is 23.9 Å². The first-order valence-electron chi connectivity index (χ1n) is 22.2. The number of benzene rings is 2. The van der Waals surface area contributed by atoms with Crippen LogP contribution in [0, 0.1) is 4.64 Å². The van der Waals surface area contributed by atoms with Crippen molar-refractivity contribution in [3.63, 3.8) is 0 Å². The molecule has 76 heavy (non-hydrogen) atoms. The summed E-state index contributed by atoms with van der Waals surface area (Å²) < 4.78 is 0.641. The van der Waals surface area contributed by atoms with Gasteiger partial charge in [0.25, 0.3) is 11.8 Å². The lowest BCUT2D eigenvalue weighted by molar-refractivity contribution is -0.142. The second-order valence-corrected chi connectivity index (χ2v) is 16.6. The van der Waals surface area contributed by atoms with Crippen LogP contribution in [0.3, 0.4) is 0 Å². The number of aromatic nitrogens is 12. The van der Waals surface area contributed by atoms with Crippen LogP contribution >= 0.6 is 12.2 Å². The van der Waals surface area contributed by atoms with Gasteiger partial charge in [0.1, 0.15) is 22.2 Å². The Kier molecular flexibility index (Phi) is 18.0. The number of anilines is 6. The number of hydrogen-bond donors (Lipinski definition) is 12. The maximum Gasteiger partial charge on any atom is 0.326 e. The van der Waals surface area contributed by atoms with Crippen LogP contribution in [0.5, 0.6) is 0 Å². The summed E-state index contributed by atoms with van der Waals surface area (Å²) in [6, 6.07) is 10.3. The minimum atomic E-state index is -1.30. The highest BCUT2D eigenvalue weighted by molar-refractivity contribution is 7.71. The molecule has 16 N–H and O–H groups in total. The number of carbonyl (C=O) groups is 6. The predicted molar refractivity (Wildman–Crippen MR) is 276 cm³/mol. The van der Waals surface area contributed by atoms with Crippen molar-refractivity contribution >= 4 is 116 Å². The van der Waals surface area contributed by atoms with Crippen molar-refractivity contribution in [1.29, 1.82) is 0 Å². The Balaban J connectivity index is 0.000000208. The molecule has 0 aliphatic rings. The SMILES string of the molecule is CN(Cc1cnc2nc(N)nc(N)c2n1)c1ccc(C(=O)N[C@@H](CCC(=O)O)C(=O)O)cc1.CN(Cc1cnc2nc(N)nc(N)c2n1)c1ccc(C(=O)N[C@@H](CCC(=O)O)C(=O)O)cc1.S=c1[nH]cnc2nc[nH]c12. The van der Waals surface area contributed by atoms with E-state index >= 15 is 0 Å². The van der Waals surface area contributed by atoms with Crippen molar-refractivity contribution in [2.75, 3.05) is 46.8 Å². The molecule has 2 aromatic carbocycles. The van der Waals surface area contributed by atoms with Crippen LogP contribution in [-0.4, -0.2) is 142 Å². The molecule has 0 bridgehead atoms. The van der Waals surface area contributed by atoms with Gasteiger partial charge in [-0.15, -0.1) is 0 Å². The molecule has 30 nitrogen and oxygen atoms in total. The van der Waals surface area contributed by atoms with Crippen LogP contribution in [0.2, 0.25) is 0 Å².